The summed E-state index contributed by atoms with van der Waals surface area (Å²) in [6, 6.07) is 0. The zero-order chi connectivity index (χ0) is 11.2. The first-order chi connectivity index (χ1) is 7.02. The molecule has 0 radical (unpaired) electrons. The zero-order valence-corrected chi connectivity index (χ0v) is 8.41. The van der Waals surface area contributed by atoms with E-state index in [2.05, 4.69) is 4.98 Å². The minimum atomic E-state index is -1.42. The van der Waals surface area contributed by atoms with Gasteiger partial charge in [-0.25, -0.2) is 9.78 Å². The molecule has 0 aliphatic carbocycles. The molecule has 2 aromatic rings. The fourth-order valence-corrected chi connectivity index (χ4v) is 2.08. The molecule has 0 atom stereocenters. The average Bonchev–Trinajstić information content (AvgIpc) is 2.53. The molecule has 0 aliphatic rings. The number of aromatic nitrogens is 2. The van der Waals surface area contributed by atoms with Crippen molar-refractivity contribution in [3.8, 4) is 5.75 Å². The number of carbonyl (C=O) groups is 1. The Morgan fingerprint density at radius 3 is 2.87 bits per heavy atom. The van der Waals surface area contributed by atoms with Gasteiger partial charge < -0.3 is 10.2 Å². The van der Waals surface area contributed by atoms with Gasteiger partial charge in [0.2, 0.25) is 5.75 Å². The number of carboxylic acids is 1. The van der Waals surface area contributed by atoms with Gasteiger partial charge in [0.25, 0.3) is 0 Å². The van der Waals surface area contributed by atoms with Gasteiger partial charge in [0.1, 0.15) is 0 Å². The van der Waals surface area contributed by atoms with Crippen LogP contribution in [0, 0.1) is 6.92 Å². The Morgan fingerprint density at radius 1 is 1.60 bits per heavy atom. The predicted octanol–water partition coefficient (Wildman–Crippen LogP) is 0.468. The number of carboxylic acid groups (broad SMARTS) is 1. The summed E-state index contributed by atoms with van der Waals surface area (Å²) in [7, 11) is 0. The van der Waals surface area contributed by atoms with Crippen molar-refractivity contribution in [3.05, 3.63) is 27.1 Å². The molecule has 78 valence electrons. The Bertz CT molecular complexity index is 613. The molecule has 7 heteroatoms. The van der Waals surface area contributed by atoms with Gasteiger partial charge >= 0.3 is 11.5 Å². The third-order valence-corrected chi connectivity index (χ3v) is 2.86. The van der Waals surface area contributed by atoms with Gasteiger partial charge in [0.05, 0.1) is 0 Å². The van der Waals surface area contributed by atoms with Crippen molar-refractivity contribution in [2.24, 2.45) is 0 Å². The van der Waals surface area contributed by atoms with E-state index in [0.717, 1.165) is 11.3 Å². The van der Waals surface area contributed by atoms with Crippen LogP contribution >= 0.6 is 11.3 Å². The van der Waals surface area contributed by atoms with E-state index >= 15 is 0 Å². The SMILES string of the molecule is Cc1csc2nc(C(=O)O)c(O)c(=O)n12. The number of aromatic carboxylic acids is 1. The smallest absolute Gasteiger partial charge is 0.358 e. The summed E-state index contributed by atoms with van der Waals surface area (Å²) in [4.78, 5) is 26.2. The minimum Gasteiger partial charge on any atom is -0.501 e. The van der Waals surface area contributed by atoms with E-state index in [1.54, 1.807) is 12.3 Å². The molecule has 0 aromatic carbocycles. The zero-order valence-electron chi connectivity index (χ0n) is 7.59. The van der Waals surface area contributed by atoms with Crippen molar-refractivity contribution in [2.75, 3.05) is 0 Å². The molecule has 2 N–H and O–H groups in total. The lowest BCUT2D eigenvalue weighted by molar-refractivity contribution is 0.0687. The number of thiazole rings is 1. The summed E-state index contributed by atoms with van der Waals surface area (Å²) in [5.74, 6) is -2.25. The van der Waals surface area contributed by atoms with Crippen molar-refractivity contribution < 1.29 is 15.0 Å². The normalized spacial score (nSPS) is 10.7. The summed E-state index contributed by atoms with van der Waals surface area (Å²) in [5.41, 5.74) is -0.752. The highest BCUT2D eigenvalue weighted by molar-refractivity contribution is 7.15. The van der Waals surface area contributed by atoms with Gasteiger partial charge in [-0.15, -0.1) is 11.3 Å². The fourth-order valence-electron chi connectivity index (χ4n) is 1.22. The molecule has 0 bridgehead atoms. The van der Waals surface area contributed by atoms with E-state index in [-0.39, 0.29) is 4.96 Å². The quantitative estimate of drug-likeness (QED) is 0.737. The van der Waals surface area contributed by atoms with E-state index in [4.69, 9.17) is 5.11 Å². The Labute approximate surface area is 87.1 Å². The largest absolute Gasteiger partial charge is 0.501 e. The average molecular weight is 226 g/mol. The Hall–Kier alpha value is -1.89. The van der Waals surface area contributed by atoms with Gasteiger partial charge in [-0.2, -0.15) is 0 Å². The monoisotopic (exact) mass is 226 g/mol. The van der Waals surface area contributed by atoms with Gasteiger partial charge in [0.15, 0.2) is 10.7 Å². The highest BCUT2D eigenvalue weighted by Crippen LogP contribution is 2.16. The van der Waals surface area contributed by atoms with Gasteiger partial charge in [-0.3, -0.25) is 9.20 Å². The molecule has 15 heavy (non-hydrogen) atoms. The van der Waals surface area contributed by atoms with Crippen LogP contribution in [0.25, 0.3) is 4.96 Å². The van der Waals surface area contributed by atoms with Crippen LogP contribution in [0.4, 0.5) is 0 Å². The first-order valence-corrected chi connectivity index (χ1v) is 4.83. The van der Waals surface area contributed by atoms with Crippen LogP contribution in [0.2, 0.25) is 0 Å². The molecule has 6 nitrogen and oxygen atoms in total. The number of hydrogen-bond acceptors (Lipinski definition) is 5. The molecule has 0 amide bonds. The highest BCUT2D eigenvalue weighted by atomic mass is 32.1. The lowest BCUT2D eigenvalue weighted by atomic mass is 10.3. The maximum Gasteiger partial charge on any atom is 0.358 e. The second kappa shape index (κ2) is 3.06. The molecule has 0 saturated heterocycles. The summed E-state index contributed by atoms with van der Waals surface area (Å²) in [5, 5.41) is 19.7. The molecule has 0 fully saturated rings. The Balaban J connectivity index is 2.97. The summed E-state index contributed by atoms with van der Waals surface area (Å²) >= 11 is 1.15. The van der Waals surface area contributed by atoms with E-state index in [1.807, 2.05) is 0 Å². The number of hydrogen-bond donors (Lipinski definition) is 2. The molecule has 0 unspecified atom stereocenters. The molecular weight excluding hydrogens is 220 g/mol. The topological polar surface area (TPSA) is 91.9 Å². The van der Waals surface area contributed by atoms with Crippen molar-refractivity contribution >= 4 is 22.3 Å². The maximum absolute atomic E-state index is 11.6. The third kappa shape index (κ3) is 1.28. The van der Waals surface area contributed by atoms with Gasteiger partial charge in [0, 0.05) is 11.1 Å². The molecule has 2 aromatic heterocycles. The van der Waals surface area contributed by atoms with Crippen molar-refractivity contribution in [3.63, 3.8) is 0 Å². The molecule has 0 saturated carbocycles. The maximum atomic E-state index is 11.6. The second-order valence-electron chi connectivity index (χ2n) is 2.91. The van der Waals surface area contributed by atoms with Gasteiger partial charge in [-0.1, -0.05) is 0 Å². The van der Waals surface area contributed by atoms with Crippen LogP contribution < -0.4 is 5.56 Å². The first kappa shape index (κ1) is 9.66. The van der Waals surface area contributed by atoms with E-state index in [9.17, 15) is 14.7 Å². The fraction of sp³-hybridized carbons (Fsp3) is 0.125. The number of aryl methyl sites for hydroxylation is 1. The third-order valence-electron chi connectivity index (χ3n) is 1.92. The minimum absolute atomic E-state index is 0.257. The lowest BCUT2D eigenvalue weighted by Gasteiger charge is -1.99. The van der Waals surface area contributed by atoms with E-state index in [0.29, 0.717) is 5.69 Å². The number of fused-ring (bicyclic) bond motifs is 1. The van der Waals surface area contributed by atoms with Crippen LogP contribution in [-0.2, 0) is 0 Å². The molecular formula is C8H6N2O4S. The first-order valence-electron chi connectivity index (χ1n) is 3.95. The summed E-state index contributed by atoms with van der Waals surface area (Å²) in [6.45, 7) is 1.67. The number of rotatable bonds is 1. The van der Waals surface area contributed by atoms with E-state index < -0.39 is 23.0 Å². The van der Waals surface area contributed by atoms with Gasteiger partial charge in [-0.05, 0) is 6.92 Å². The molecule has 2 rings (SSSR count). The van der Waals surface area contributed by atoms with Crippen molar-refractivity contribution in [1.82, 2.24) is 9.38 Å². The van der Waals surface area contributed by atoms with Crippen LogP contribution in [0.1, 0.15) is 16.2 Å². The second-order valence-corrected chi connectivity index (χ2v) is 3.75. The van der Waals surface area contributed by atoms with E-state index in [1.165, 1.54) is 4.40 Å². The van der Waals surface area contributed by atoms with Crippen LogP contribution in [0.3, 0.4) is 0 Å². The molecule has 2 heterocycles. The standard InChI is InChI=1S/C8H6N2O4S/c1-3-2-15-8-9-4(7(13)14)5(11)6(12)10(3)8/h2,11H,1H3,(H,13,14). The molecule has 0 spiro atoms. The number of nitrogens with zero attached hydrogens (tertiary/aromatic N) is 2. The summed E-state index contributed by atoms with van der Waals surface area (Å²) < 4.78 is 1.17. The Morgan fingerprint density at radius 2 is 2.27 bits per heavy atom. The van der Waals surface area contributed by atoms with Crippen LogP contribution in [0.5, 0.6) is 5.75 Å². The Kier molecular flexibility index (Phi) is 1.97. The highest BCUT2D eigenvalue weighted by Gasteiger charge is 2.18. The predicted molar refractivity (Wildman–Crippen MR) is 52.7 cm³/mol. The lowest BCUT2D eigenvalue weighted by Crippen LogP contribution is -2.18. The van der Waals surface area contributed by atoms with Crippen molar-refractivity contribution in [1.29, 1.82) is 0 Å². The molecule has 0 aliphatic heterocycles. The number of aromatic hydroxyl groups is 1. The summed E-state index contributed by atoms with van der Waals surface area (Å²) in [6.07, 6.45) is 0. The van der Waals surface area contributed by atoms with Crippen molar-refractivity contribution in [2.45, 2.75) is 6.92 Å². The van der Waals surface area contributed by atoms with Crippen LogP contribution in [-0.4, -0.2) is 25.6 Å². The van der Waals surface area contributed by atoms with Crippen LogP contribution in [0.15, 0.2) is 10.2 Å².